The van der Waals surface area contributed by atoms with Crippen molar-refractivity contribution in [3.63, 3.8) is 0 Å². The number of rotatable bonds is 2. The number of hydrogen-bond donors (Lipinski definition) is 0. The molecule has 0 N–H and O–H groups in total. The molecule has 0 amide bonds. The molecule has 0 saturated heterocycles. The lowest BCUT2D eigenvalue weighted by Crippen LogP contribution is -1.90. The predicted molar refractivity (Wildman–Crippen MR) is 85.8 cm³/mol. The van der Waals surface area contributed by atoms with Crippen LogP contribution in [0.1, 0.15) is 5.56 Å². The molecule has 0 unspecified atom stereocenters. The van der Waals surface area contributed by atoms with E-state index in [2.05, 4.69) is 6.07 Å². The zero-order chi connectivity index (χ0) is 15.7. The van der Waals surface area contributed by atoms with Crippen molar-refractivity contribution in [2.45, 2.75) is 0 Å². The van der Waals surface area contributed by atoms with Crippen molar-refractivity contribution in [3.8, 4) is 17.2 Å². The van der Waals surface area contributed by atoms with E-state index < -0.39 is 4.92 Å². The van der Waals surface area contributed by atoms with Gasteiger partial charge in [0.25, 0.3) is 5.69 Å². The first kappa shape index (κ1) is 14.1. The molecule has 0 bridgehead atoms. The number of fused-ring (bicyclic) bond motifs is 1. The van der Waals surface area contributed by atoms with E-state index in [4.69, 9.17) is 11.6 Å². The van der Waals surface area contributed by atoms with Crippen molar-refractivity contribution >= 4 is 28.1 Å². The van der Waals surface area contributed by atoms with Crippen LogP contribution in [0, 0.1) is 21.4 Å². The molecule has 5 heteroatoms. The fourth-order valence-corrected chi connectivity index (χ4v) is 2.63. The first-order chi connectivity index (χ1) is 10.6. The highest BCUT2D eigenvalue weighted by atomic mass is 35.5. The summed E-state index contributed by atoms with van der Waals surface area (Å²) in [6, 6.07) is 17.5. The molecule has 0 atom stereocenters. The number of non-ortho nitro benzene ring substituents is 1. The Kier molecular flexibility index (Phi) is 3.50. The number of nitro groups is 1. The van der Waals surface area contributed by atoms with Gasteiger partial charge >= 0.3 is 0 Å². The zero-order valence-corrected chi connectivity index (χ0v) is 12.0. The second-order valence-electron chi connectivity index (χ2n) is 4.78. The number of benzene rings is 3. The predicted octanol–water partition coefficient (Wildman–Crippen LogP) is 4.94. The summed E-state index contributed by atoms with van der Waals surface area (Å²) in [5.41, 5.74) is 1.70. The van der Waals surface area contributed by atoms with Crippen LogP contribution in [0.15, 0.2) is 54.6 Å². The Morgan fingerprint density at radius 3 is 2.59 bits per heavy atom. The molecule has 0 spiro atoms. The number of nitrogens with zero attached hydrogens (tertiary/aromatic N) is 2. The molecule has 0 saturated carbocycles. The molecule has 106 valence electrons. The van der Waals surface area contributed by atoms with E-state index in [1.807, 2.05) is 30.3 Å². The second-order valence-corrected chi connectivity index (χ2v) is 5.19. The van der Waals surface area contributed by atoms with Crippen LogP contribution in [0.5, 0.6) is 0 Å². The smallest absolute Gasteiger partial charge is 0.258 e. The second kappa shape index (κ2) is 5.47. The van der Waals surface area contributed by atoms with Crippen molar-refractivity contribution in [1.29, 1.82) is 5.26 Å². The van der Waals surface area contributed by atoms with Crippen LogP contribution in [0.4, 0.5) is 5.69 Å². The Morgan fingerprint density at radius 2 is 1.86 bits per heavy atom. The van der Waals surface area contributed by atoms with E-state index in [0.29, 0.717) is 21.7 Å². The maximum absolute atomic E-state index is 10.9. The number of nitro benzene ring substituents is 1. The van der Waals surface area contributed by atoms with Gasteiger partial charge in [-0.05, 0) is 34.5 Å². The summed E-state index contributed by atoms with van der Waals surface area (Å²) in [5, 5.41) is 22.4. The molecule has 0 fully saturated rings. The molecule has 22 heavy (non-hydrogen) atoms. The van der Waals surface area contributed by atoms with Crippen LogP contribution >= 0.6 is 11.6 Å². The van der Waals surface area contributed by atoms with Gasteiger partial charge in [-0.3, -0.25) is 10.1 Å². The van der Waals surface area contributed by atoms with Crippen molar-refractivity contribution < 1.29 is 4.92 Å². The van der Waals surface area contributed by atoms with Gasteiger partial charge in [-0.15, -0.1) is 0 Å². The van der Waals surface area contributed by atoms with Gasteiger partial charge < -0.3 is 0 Å². The van der Waals surface area contributed by atoms with E-state index in [9.17, 15) is 15.4 Å². The summed E-state index contributed by atoms with van der Waals surface area (Å²) in [6.45, 7) is 0. The van der Waals surface area contributed by atoms with Gasteiger partial charge in [0, 0.05) is 22.7 Å². The number of hydrogen-bond acceptors (Lipinski definition) is 3. The Bertz CT molecular complexity index is 945. The number of halogens is 1. The summed E-state index contributed by atoms with van der Waals surface area (Å²) in [5.74, 6) is 0. The lowest BCUT2D eigenvalue weighted by Gasteiger charge is -2.08. The van der Waals surface area contributed by atoms with Gasteiger partial charge in [0.15, 0.2) is 0 Å². The molecule has 0 heterocycles. The van der Waals surface area contributed by atoms with Gasteiger partial charge in [0.2, 0.25) is 0 Å². The standard InChI is InChI=1S/C17H9ClN2O2/c18-17-6-5-14(20(21)22)9-16(17)12-7-11-3-1-2-4-15(11)13(8-12)10-19/h1-9H. The summed E-state index contributed by atoms with van der Waals surface area (Å²) in [6.07, 6.45) is 0. The minimum absolute atomic E-state index is 0.0360. The van der Waals surface area contributed by atoms with E-state index in [1.165, 1.54) is 18.2 Å². The molecule has 3 aromatic carbocycles. The summed E-state index contributed by atoms with van der Waals surface area (Å²) in [7, 11) is 0. The van der Waals surface area contributed by atoms with Crippen LogP contribution in [-0.2, 0) is 0 Å². The van der Waals surface area contributed by atoms with Crippen LogP contribution in [0.2, 0.25) is 5.02 Å². The molecular weight excluding hydrogens is 300 g/mol. The van der Waals surface area contributed by atoms with E-state index >= 15 is 0 Å². The van der Waals surface area contributed by atoms with Gasteiger partial charge in [-0.2, -0.15) is 5.26 Å². The molecular formula is C17H9ClN2O2. The maximum atomic E-state index is 10.9. The normalized spacial score (nSPS) is 10.4. The fourth-order valence-electron chi connectivity index (χ4n) is 2.41. The third-order valence-electron chi connectivity index (χ3n) is 3.45. The molecule has 0 aliphatic heterocycles. The quantitative estimate of drug-likeness (QED) is 0.497. The average Bonchev–Trinajstić information content (AvgIpc) is 2.54. The molecule has 0 aromatic heterocycles. The van der Waals surface area contributed by atoms with Crippen LogP contribution in [0.3, 0.4) is 0 Å². The molecule has 4 nitrogen and oxygen atoms in total. The highest BCUT2D eigenvalue weighted by Gasteiger charge is 2.13. The molecule has 0 aliphatic carbocycles. The topological polar surface area (TPSA) is 66.9 Å². The first-order valence-corrected chi connectivity index (χ1v) is 6.85. The van der Waals surface area contributed by atoms with Crippen molar-refractivity contribution in [3.05, 3.63) is 75.3 Å². The van der Waals surface area contributed by atoms with E-state index in [-0.39, 0.29) is 5.69 Å². The van der Waals surface area contributed by atoms with Crippen molar-refractivity contribution in [2.24, 2.45) is 0 Å². The monoisotopic (exact) mass is 308 g/mol. The summed E-state index contributed by atoms with van der Waals surface area (Å²) >= 11 is 6.18. The van der Waals surface area contributed by atoms with Crippen molar-refractivity contribution in [2.75, 3.05) is 0 Å². The van der Waals surface area contributed by atoms with Gasteiger partial charge in [0.1, 0.15) is 0 Å². The van der Waals surface area contributed by atoms with Crippen molar-refractivity contribution in [1.82, 2.24) is 0 Å². The fraction of sp³-hybridized carbons (Fsp3) is 0. The summed E-state index contributed by atoms with van der Waals surface area (Å²) in [4.78, 5) is 10.5. The summed E-state index contributed by atoms with van der Waals surface area (Å²) < 4.78 is 0. The van der Waals surface area contributed by atoms with Crippen LogP contribution in [-0.4, -0.2) is 4.92 Å². The maximum Gasteiger partial charge on any atom is 0.270 e. The Hall–Kier alpha value is -2.90. The van der Waals surface area contributed by atoms with Gasteiger partial charge in [-0.1, -0.05) is 35.9 Å². The van der Waals surface area contributed by atoms with E-state index in [0.717, 1.165) is 10.8 Å². The minimum Gasteiger partial charge on any atom is -0.258 e. The Balaban J connectivity index is 2.29. The average molecular weight is 309 g/mol. The molecule has 3 rings (SSSR count). The third kappa shape index (κ3) is 2.39. The highest BCUT2D eigenvalue weighted by Crippen LogP contribution is 2.34. The highest BCUT2D eigenvalue weighted by molar-refractivity contribution is 6.33. The Morgan fingerprint density at radius 1 is 1.09 bits per heavy atom. The van der Waals surface area contributed by atoms with Gasteiger partial charge in [0.05, 0.1) is 16.6 Å². The zero-order valence-electron chi connectivity index (χ0n) is 11.3. The lowest BCUT2D eigenvalue weighted by molar-refractivity contribution is -0.384. The van der Waals surface area contributed by atoms with Gasteiger partial charge in [-0.25, -0.2) is 0 Å². The molecule has 0 aliphatic rings. The van der Waals surface area contributed by atoms with Crippen LogP contribution in [0.25, 0.3) is 21.9 Å². The molecule has 3 aromatic rings. The van der Waals surface area contributed by atoms with Crippen LogP contribution < -0.4 is 0 Å². The lowest BCUT2D eigenvalue weighted by atomic mass is 9.97. The Labute approximate surface area is 131 Å². The third-order valence-corrected chi connectivity index (χ3v) is 3.78. The minimum atomic E-state index is -0.466. The first-order valence-electron chi connectivity index (χ1n) is 6.47. The SMILES string of the molecule is N#Cc1cc(-c2cc([N+](=O)[O-])ccc2Cl)cc2ccccc12. The number of nitriles is 1. The van der Waals surface area contributed by atoms with E-state index in [1.54, 1.807) is 6.07 Å². The largest absolute Gasteiger partial charge is 0.270 e. The molecule has 0 radical (unpaired) electrons.